The van der Waals surface area contributed by atoms with Crippen LogP contribution in [0.5, 0.6) is 0 Å². The molecule has 0 saturated heterocycles. The van der Waals surface area contributed by atoms with E-state index < -0.39 is 0 Å². The summed E-state index contributed by atoms with van der Waals surface area (Å²) in [5.74, 6) is 0. The Morgan fingerprint density at radius 1 is 1.00 bits per heavy atom. The maximum absolute atomic E-state index is 5.21. The number of hydrogen-bond donors (Lipinski definition) is 0. The molecule has 2 unspecified atom stereocenters. The van der Waals surface area contributed by atoms with E-state index in [1.165, 1.54) is 0 Å². The lowest BCUT2D eigenvalue weighted by molar-refractivity contribution is -0.00755. The van der Waals surface area contributed by atoms with Crippen LogP contribution in [0.3, 0.4) is 0 Å². The molecule has 4 heteroatoms. The van der Waals surface area contributed by atoms with Gasteiger partial charge in [0.15, 0.2) is 0 Å². The van der Waals surface area contributed by atoms with Gasteiger partial charge in [-0.15, -0.1) is 0 Å². The van der Waals surface area contributed by atoms with Gasteiger partial charge in [0.1, 0.15) is 0 Å². The van der Waals surface area contributed by atoms with E-state index in [0.717, 1.165) is 8.86 Å². The van der Waals surface area contributed by atoms with Crippen LogP contribution in [0.15, 0.2) is 0 Å². The van der Waals surface area contributed by atoms with E-state index in [1.54, 1.807) is 14.2 Å². The van der Waals surface area contributed by atoms with Crippen LogP contribution in [-0.4, -0.2) is 35.3 Å². The molecule has 0 bridgehead atoms. The van der Waals surface area contributed by atoms with Crippen molar-refractivity contribution in [1.82, 2.24) is 0 Å². The lowest BCUT2D eigenvalue weighted by Crippen LogP contribution is -2.32. The highest BCUT2D eigenvalue weighted by atomic mass is 127. The Hall–Kier alpha value is 1.38. The molecule has 0 aromatic heterocycles. The fraction of sp³-hybridized carbons (Fsp3) is 1.00. The fourth-order valence-corrected chi connectivity index (χ4v) is 2.48. The van der Waals surface area contributed by atoms with Crippen LogP contribution in [0.2, 0.25) is 0 Å². The first-order valence-corrected chi connectivity index (χ1v) is 6.02. The van der Waals surface area contributed by atoms with Crippen molar-refractivity contribution in [2.75, 3.05) is 23.1 Å². The fourth-order valence-electron chi connectivity index (χ4n) is 0.628. The first-order chi connectivity index (χ1) is 4.79. The molecule has 2 atom stereocenters. The molecular weight excluding hydrogens is 358 g/mol. The number of ether oxygens (including phenoxy) is 2. The summed E-state index contributed by atoms with van der Waals surface area (Å²) in [6.45, 7) is 0. The molecule has 0 aromatic rings. The largest absolute Gasteiger partial charge is 0.378 e. The van der Waals surface area contributed by atoms with Crippen molar-refractivity contribution in [3.63, 3.8) is 0 Å². The zero-order valence-electron chi connectivity index (χ0n) is 6.14. The lowest BCUT2D eigenvalue weighted by atomic mass is 10.2. The molecule has 2 nitrogen and oxygen atoms in total. The van der Waals surface area contributed by atoms with Gasteiger partial charge in [-0.1, -0.05) is 45.2 Å². The van der Waals surface area contributed by atoms with Gasteiger partial charge in [-0.25, -0.2) is 0 Å². The third-order valence-electron chi connectivity index (χ3n) is 1.32. The first kappa shape index (κ1) is 11.4. The molecule has 0 heterocycles. The van der Waals surface area contributed by atoms with E-state index in [9.17, 15) is 0 Å². The van der Waals surface area contributed by atoms with Gasteiger partial charge in [0.05, 0.1) is 12.2 Å². The summed E-state index contributed by atoms with van der Waals surface area (Å²) in [6, 6.07) is 0. The van der Waals surface area contributed by atoms with Crippen molar-refractivity contribution >= 4 is 45.2 Å². The van der Waals surface area contributed by atoms with Crippen LogP contribution < -0.4 is 0 Å². The average Bonchev–Trinajstić information content (AvgIpc) is 2.00. The topological polar surface area (TPSA) is 18.5 Å². The van der Waals surface area contributed by atoms with Gasteiger partial charge in [0, 0.05) is 23.1 Å². The number of halogens is 2. The maximum atomic E-state index is 5.21. The van der Waals surface area contributed by atoms with E-state index in [-0.39, 0.29) is 12.2 Å². The van der Waals surface area contributed by atoms with Crippen molar-refractivity contribution in [3.05, 3.63) is 0 Å². The molecule has 0 fully saturated rings. The molecule has 0 aliphatic carbocycles. The summed E-state index contributed by atoms with van der Waals surface area (Å²) < 4.78 is 12.4. The summed E-state index contributed by atoms with van der Waals surface area (Å²) in [5.41, 5.74) is 0. The van der Waals surface area contributed by atoms with Gasteiger partial charge in [-0.2, -0.15) is 0 Å². The van der Waals surface area contributed by atoms with Crippen molar-refractivity contribution in [3.8, 4) is 0 Å². The minimum Gasteiger partial charge on any atom is -0.378 e. The maximum Gasteiger partial charge on any atom is 0.0929 e. The second-order valence-electron chi connectivity index (χ2n) is 1.86. The zero-order chi connectivity index (χ0) is 7.98. The molecule has 10 heavy (non-hydrogen) atoms. The Labute approximate surface area is 89.3 Å². The predicted octanol–water partition coefficient (Wildman–Crippen LogP) is 1.89. The summed E-state index contributed by atoms with van der Waals surface area (Å²) >= 11 is 4.61. The summed E-state index contributed by atoms with van der Waals surface area (Å²) in [5, 5.41) is 0. The molecule has 0 spiro atoms. The van der Waals surface area contributed by atoms with Crippen molar-refractivity contribution < 1.29 is 9.47 Å². The standard InChI is InChI=1S/C6H12I2O2/c1-9-5(3-7)6(4-8)10-2/h5-6H,3-4H2,1-2H3. The molecule has 62 valence electrons. The smallest absolute Gasteiger partial charge is 0.0929 e. The third kappa shape index (κ3) is 3.68. The normalized spacial score (nSPS) is 16.8. The van der Waals surface area contributed by atoms with Gasteiger partial charge in [-0.3, -0.25) is 0 Å². The van der Waals surface area contributed by atoms with E-state index in [4.69, 9.17) is 9.47 Å². The molecule has 0 aliphatic heterocycles. The van der Waals surface area contributed by atoms with E-state index in [2.05, 4.69) is 45.2 Å². The van der Waals surface area contributed by atoms with Crippen LogP contribution in [0.1, 0.15) is 0 Å². The van der Waals surface area contributed by atoms with Crippen LogP contribution >= 0.6 is 45.2 Å². The molecule has 0 radical (unpaired) electrons. The molecule has 0 aliphatic rings. The Morgan fingerprint density at radius 3 is 1.40 bits per heavy atom. The molecule has 0 rings (SSSR count). The number of rotatable bonds is 5. The highest BCUT2D eigenvalue weighted by molar-refractivity contribution is 14.1. The minimum atomic E-state index is 0.238. The monoisotopic (exact) mass is 370 g/mol. The molecule has 0 aromatic carbocycles. The van der Waals surface area contributed by atoms with Crippen LogP contribution in [-0.2, 0) is 9.47 Å². The Bertz CT molecular complexity index is 62.1. The third-order valence-corrected chi connectivity index (χ3v) is 3.06. The van der Waals surface area contributed by atoms with Gasteiger partial charge in [0.25, 0.3) is 0 Å². The van der Waals surface area contributed by atoms with Crippen LogP contribution in [0.25, 0.3) is 0 Å². The van der Waals surface area contributed by atoms with E-state index in [1.807, 2.05) is 0 Å². The summed E-state index contributed by atoms with van der Waals surface area (Å²) in [7, 11) is 3.45. The van der Waals surface area contributed by atoms with Gasteiger partial charge in [0.2, 0.25) is 0 Å². The van der Waals surface area contributed by atoms with Gasteiger partial charge >= 0.3 is 0 Å². The van der Waals surface area contributed by atoms with Crippen molar-refractivity contribution in [2.24, 2.45) is 0 Å². The van der Waals surface area contributed by atoms with Crippen molar-refractivity contribution in [1.29, 1.82) is 0 Å². The van der Waals surface area contributed by atoms with Gasteiger partial charge in [-0.05, 0) is 0 Å². The minimum absolute atomic E-state index is 0.238. The average molecular weight is 370 g/mol. The number of methoxy groups -OCH3 is 2. The van der Waals surface area contributed by atoms with Crippen LogP contribution in [0.4, 0.5) is 0 Å². The number of alkyl halides is 2. The second kappa shape index (κ2) is 7.05. The molecular formula is C6H12I2O2. The quantitative estimate of drug-likeness (QED) is 0.544. The molecule has 0 amide bonds. The first-order valence-electron chi connectivity index (χ1n) is 2.97. The summed E-state index contributed by atoms with van der Waals surface area (Å²) in [6.07, 6.45) is 0.477. The molecule has 0 saturated carbocycles. The molecule has 0 N–H and O–H groups in total. The Balaban J connectivity index is 3.70. The second-order valence-corrected chi connectivity index (χ2v) is 3.62. The summed E-state index contributed by atoms with van der Waals surface area (Å²) in [4.78, 5) is 0. The lowest BCUT2D eigenvalue weighted by Gasteiger charge is -2.20. The van der Waals surface area contributed by atoms with Gasteiger partial charge < -0.3 is 9.47 Å². The predicted molar refractivity (Wildman–Crippen MR) is 59.4 cm³/mol. The SMILES string of the molecule is COC(CI)C(CI)OC. The zero-order valence-corrected chi connectivity index (χ0v) is 10.5. The highest BCUT2D eigenvalue weighted by Gasteiger charge is 2.17. The highest BCUT2D eigenvalue weighted by Crippen LogP contribution is 2.08. The van der Waals surface area contributed by atoms with Crippen LogP contribution in [0, 0.1) is 0 Å². The Kier molecular flexibility index (Phi) is 8.03. The van der Waals surface area contributed by atoms with E-state index in [0.29, 0.717) is 0 Å². The number of hydrogen-bond acceptors (Lipinski definition) is 2. The van der Waals surface area contributed by atoms with E-state index >= 15 is 0 Å². The van der Waals surface area contributed by atoms with Crippen molar-refractivity contribution in [2.45, 2.75) is 12.2 Å². The Morgan fingerprint density at radius 2 is 1.30 bits per heavy atom.